The second-order valence-corrected chi connectivity index (χ2v) is 5.18. The number of aromatic amines is 1. The molecule has 0 atom stereocenters. The summed E-state index contributed by atoms with van der Waals surface area (Å²) < 4.78 is 11.0. The third kappa shape index (κ3) is 1.92. The van der Waals surface area contributed by atoms with Crippen LogP contribution in [0.3, 0.4) is 0 Å². The maximum absolute atomic E-state index is 11.7. The minimum atomic E-state index is -0.405. The van der Waals surface area contributed by atoms with Crippen LogP contribution in [0.25, 0.3) is 21.9 Å². The molecule has 6 heteroatoms. The molecule has 0 amide bonds. The summed E-state index contributed by atoms with van der Waals surface area (Å²) in [6.07, 6.45) is 1.73. The van der Waals surface area contributed by atoms with Gasteiger partial charge in [0.2, 0.25) is 0 Å². The SMILES string of the molecule is COC(=O)c1cc(OC)c2c(c1)[nH]c1cc(Br)cnc12. The maximum Gasteiger partial charge on any atom is 0.338 e. The van der Waals surface area contributed by atoms with E-state index < -0.39 is 5.97 Å². The summed E-state index contributed by atoms with van der Waals surface area (Å²) in [5, 5.41) is 0.850. The molecule has 0 bridgehead atoms. The highest BCUT2D eigenvalue weighted by Gasteiger charge is 2.16. The molecule has 0 radical (unpaired) electrons. The van der Waals surface area contributed by atoms with Crippen molar-refractivity contribution in [3.8, 4) is 5.75 Å². The number of hydrogen-bond donors (Lipinski definition) is 1. The van der Waals surface area contributed by atoms with Crippen molar-refractivity contribution in [2.45, 2.75) is 0 Å². The van der Waals surface area contributed by atoms with Gasteiger partial charge in [0.1, 0.15) is 5.75 Å². The molecular formula is C14H11BrN2O3. The fourth-order valence-electron chi connectivity index (χ4n) is 2.23. The molecule has 0 fully saturated rings. The number of H-pyrrole nitrogens is 1. The van der Waals surface area contributed by atoms with E-state index in [9.17, 15) is 4.79 Å². The van der Waals surface area contributed by atoms with Crippen molar-refractivity contribution in [1.82, 2.24) is 9.97 Å². The third-order valence-electron chi connectivity index (χ3n) is 3.10. The topological polar surface area (TPSA) is 64.2 Å². The summed E-state index contributed by atoms with van der Waals surface area (Å²) in [7, 11) is 2.91. The number of benzene rings is 1. The summed E-state index contributed by atoms with van der Waals surface area (Å²) in [4.78, 5) is 19.3. The van der Waals surface area contributed by atoms with E-state index in [0.29, 0.717) is 11.3 Å². The molecule has 3 rings (SSSR count). The van der Waals surface area contributed by atoms with Gasteiger partial charge in [-0.3, -0.25) is 4.98 Å². The van der Waals surface area contributed by atoms with E-state index in [0.717, 1.165) is 26.4 Å². The number of rotatable bonds is 2. The van der Waals surface area contributed by atoms with Gasteiger partial charge in [-0.1, -0.05) is 0 Å². The normalized spacial score (nSPS) is 10.9. The minimum Gasteiger partial charge on any atom is -0.496 e. The lowest BCUT2D eigenvalue weighted by molar-refractivity contribution is 0.0600. The van der Waals surface area contributed by atoms with Crippen molar-refractivity contribution >= 4 is 43.8 Å². The number of nitrogens with one attached hydrogen (secondary N) is 1. The molecular weight excluding hydrogens is 324 g/mol. The molecule has 0 spiro atoms. The molecule has 2 heterocycles. The van der Waals surface area contributed by atoms with Crippen molar-refractivity contribution in [2.24, 2.45) is 0 Å². The summed E-state index contributed by atoms with van der Waals surface area (Å²) in [5.41, 5.74) is 2.89. The predicted octanol–water partition coefficient (Wildman–Crippen LogP) is 3.27. The molecule has 102 valence electrons. The van der Waals surface area contributed by atoms with Crippen molar-refractivity contribution < 1.29 is 14.3 Å². The van der Waals surface area contributed by atoms with Gasteiger partial charge >= 0.3 is 5.97 Å². The summed E-state index contributed by atoms with van der Waals surface area (Å²) in [6, 6.07) is 5.32. The zero-order chi connectivity index (χ0) is 14.3. The lowest BCUT2D eigenvalue weighted by Gasteiger charge is -2.05. The third-order valence-corrected chi connectivity index (χ3v) is 3.54. The minimum absolute atomic E-state index is 0.405. The predicted molar refractivity (Wildman–Crippen MR) is 79.2 cm³/mol. The fraction of sp³-hybridized carbons (Fsp3) is 0.143. The summed E-state index contributed by atoms with van der Waals surface area (Å²) >= 11 is 3.39. The first-order valence-electron chi connectivity index (χ1n) is 5.87. The van der Waals surface area contributed by atoms with Crippen molar-refractivity contribution in [1.29, 1.82) is 0 Å². The lowest BCUT2D eigenvalue weighted by Crippen LogP contribution is -2.01. The number of halogens is 1. The van der Waals surface area contributed by atoms with Crippen LogP contribution in [0.5, 0.6) is 5.75 Å². The molecule has 1 aromatic carbocycles. The van der Waals surface area contributed by atoms with Crippen LogP contribution >= 0.6 is 15.9 Å². The van der Waals surface area contributed by atoms with Crippen molar-refractivity contribution in [2.75, 3.05) is 14.2 Å². The Labute approximate surface area is 123 Å². The molecule has 3 aromatic rings. The van der Waals surface area contributed by atoms with Gasteiger partial charge in [-0.15, -0.1) is 0 Å². The number of methoxy groups -OCH3 is 2. The van der Waals surface area contributed by atoms with Gasteiger partial charge in [0.05, 0.1) is 41.7 Å². The summed E-state index contributed by atoms with van der Waals surface area (Å²) in [6.45, 7) is 0. The van der Waals surface area contributed by atoms with E-state index in [4.69, 9.17) is 9.47 Å². The Balaban J connectivity index is 2.38. The van der Waals surface area contributed by atoms with E-state index in [-0.39, 0.29) is 0 Å². The molecule has 0 saturated heterocycles. The Kier molecular flexibility index (Phi) is 3.10. The molecule has 0 saturated carbocycles. The first-order chi connectivity index (χ1) is 9.63. The second kappa shape index (κ2) is 4.79. The van der Waals surface area contributed by atoms with Crippen LogP contribution in [-0.4, -0.2) is 30.2 Å². The quantitative estimate of drug-likeness (QED) is 0.730. The number of nitrogens with zero attached hydrogens (tertiary/aromatic N) is 1. The molecule has 0 aliphatic carbocycles. The lowest BCUT2D eigenvalue weighted by atomic mass is 10.1. The van der Waals surface area contributed by atoms with Crippen molar-refractivity contribution in [3.63, 3.8) is 0 Å². The highest BCUT2D eigenvalue weighted by atomic mass is 79.9. The number of carbonyl (C=O) groups is 1. The number of esters is 1. The van der Waals surface area contributed by atoms with Gasteiger partial charge in [0.15, 0.2) is 0 Å². The molecule has 2 aromatic heterocycles. The Morgan fingerprint density at radius 1 is 1.25 bits per heavy atom. The van der Waals surface area contributed by atoms with Crippen LogP contribution < -0.4 is 4.74 Å². The first-order valence-corrected chi connectivity index (χ1v) is 6.66. The van der Waals surface area contributed by atoms with Gasteiger partial charge < -0.3 is 14.5 Å². The van der Waals surface area contributed by atoms with Crippen molar-refractivity contribution in [3.05, 3.63) is 34.4 Å². The zero-order valence-electron chi connectivity index (χ0n) is 10.9. The van der Waals surface area contributed by atoms with E-state index in [2.05, 4.69) is 25.9 Å². The average Bonchev–Trinajstić information content (AvgIpc) is 2.82. The number of pyridine rings is 1. The molecule has 1 N–H and O–H groups in total. The van der Waals surface area contributed by atoms with Gasteiger partial charge in [0, 0.05) is 10.7 Å². The molecule has 20 heavy (non-hydrogen) atoms. The number of ether oxygens (including phenoxy) is 2. The highest BCUT2D eigenvalue weighted by molar-refractivity contribution is 9.10. The van der Waals surface area contributed by atoms with E-state index >= 15 is 0 Å². The van der Waals surface area contributed by atoms with Crippen LogP contribution in [0, 0.1) is 0 Å². The van der Waals surface area contributed by atoms with Gasteiger partial charge in [-0.2, -0.15) is 0 Å². The Hall–Kier alpha value is -2.08. The number of hydrogen-bond acceptors (Lipinski definition) is 4. The van der Waals surface area contributed by atoms with Crippen LogP contribution in [0.4, 0.5) is 0 Å². The molecule has 0 unspecified atom stereocenters. The van der Waals surface area contributed by atoms with Gasteiger partial charge in [-0.05, 0) is 34.1 Å². The largest absolute Gasteiger partial charge is 0.496 e. The first kappa shape index (κ1) is 12.9. The van der Waals surface area contributed by atoms with Crippen LogP contribution in [-0.2, 0) is 4.74 Å². The summed E-state index contributed by atoms with van der Waals surface area (Å²) in [5.74, 6) is 0.182. The highest BCUT2D eigenvalue weighted by Crippen LogP contribution is 2.34. The Morgan fingerprint density at radius 3 is 2.75 bits per heavy atom. The Morgan fingerprint density at radius 2 is 2.05 bits per heavy atom. The Bertz CT molecular complexity index is 826. The number of carbonyl (C=O) groups excluding carboxylic acids is 1. The fourth-order valence-corrected chi connectivity index (χ4v) is 2.57. The smallest absolute Gasteiger partial charge is 0.338 e. The van der Waals surface area contributed by atoms with Gasteiger partial charge in [-0.25, -0.2) is 4.79 Å². The molecule has 0 aliphatic rings. The van der Waals surface area contributed by atoms with Crippen LogP contribution in [0.2, 0.25) is 0 Å². The van der Waals surface area contributed by atoms with E-state index in [1.807, 2.05) is 6.07 Å². The van der Waals surface area contributed by atoms with E-state index in [1.165, 1.54) is 7.11 Å². The maximum atomic E-state index is 11.7. The monoisotopic (exact) mass is 334 g/mol. The van der Waals surface area contributed by atoms with E-state index in [1.54, 1.807) is 25.4 Å². The average molecular weight is 335 g/mol. The number of aromatic nitrogens is 2. The zero-order valence-corrected chi connectivity index (χ0v) is 12.4. The second-order valence-electron chi connectivity index (χ2n) is 4.27. The van der Waals surface area contributed by atoms with Gasteiger partial charge in [0.25, 0.3) is 0 Å². The molecule has 5 nitrogen and oxygen atoms in total. The standard InChI is InChI=1S/C14H11BrN2O3/c1-19-11-4-7(14(18)20-2)3-9-12(11)13-10(17-9)5-8(15)6-16-13/h3-6,17H,1-2H3. The number of fused-ring (bicyclic) bond motifs is 3. The van der Waals surface area contributed by atoms with Crippen LogP contribution in [0.15, 0.2) is 28.9 Å². The van der Waals surface area contributed by atoms with Crippen LogP contribution in [0.1, 0.15) is 10.4 Å². The molecule has 0 aliphatic heterocycles.